The van der Waals surface area contributed by atoms with Gasteiger partial charge in [-0.2, -0.15) is 0 Å². The van der Waals surface area contributed by atoms with Crippen LogP contribution >= 0.6 is 27.5 Å². The number of sulfonamides is 1. The molecule has 1 aliphatic rings. The van der Waals surface area contributed by atoms with Gasteiger partial charge in [0.05, 0.1) is 5.02 Å². The first kappa shape index (κ1) is 16.2. The Morgan fingerprint density at radius 1 is 1.35 bits per heavy atom. The Kier molecular flexibility index (Phi) is 5.48. The third-order valence-electron chi connectivity index (χ3n) is 3.77. The number of rotatable bonds is 5. The van der Waals surface area contributed by atoms with Gasteiger partial charge in [-0.1, -0.05) is 34.0 Å². The first-order valence-electron chi connectivity index (χ1n) is 6.49. The molecule has 7 heteroatoms. The molecule has 1 saturated carbocycles. The summed E-state index contributed by atoms with van der Waals surface area (Å²) in [7, 11) is -3.61. The minimum Gasteiger partial charge on any atom is -0.396 e. The molecule has 0 spiro atoms. The largest absolute Gasteiger partial charge is 0.396 e. The number of aliphatic hydroxyl groups excluding tert-OH is 1. The molecule has 20 heavy (non-hydrogen) atoms. The highest BCUT2D eigenvalue weighted by Gasteiger charge is 2.28. The predicted molar refractivity (Wildman–Crippen MR) is 82.3 cm³/mol. The highest BCUT2D eigenvalue weighted by atomic mass is 79.9. The maximum Gasteiger partial charge on any atom is 0.242 e. The fourth-order valence-corrected chi connectivity index (χ4v) is 4.74. The molecule has 1 aromatic rings. The molecule has 2 rings (SSSR count). The van der Waals surface area contributed by atoms with E-state index < -0.39 is 10.0 Å². The first-order valence-corrected chi connectivity index (χ1v) is 9.15. The number of halogens is 2. The fraction of sp³-hybridized carbons (Fsp3) is 0.538. The normalized spacial score (nSPS) is 23.1. The maximum atomic E-state index is 12.2. The van der Waals surface area contributed by atoms with E-state index in [9.17, 15) is 13.5 Å². The van der Waals surface area contributed by atoms with Gasteiger partial charge < -0.3 is 5.11 Å². The van der Waals surface area contributed by atoms with E-state index >= 15 is 0 Å². The third-order valence-corrected chi connectivity index (χ3v) is 6.17. The van der Waals surface area contributed by atoms with Crippen molar-refractivity contribution < 1.29 is 13.5 Å². The molecule has 1 aliphatic carbocycles. The minimum absolute atomic E-state index is 0.0842. The van der Waals surface area contributed by atoms with Gasteiger partial charge in [0.2, 0.25) is 10.0 Å². The number of nitrogens with one attached hydrogen (secondary N) is 1. The summed E-state index contributed by atoms with van der Waals surface area (Å²) in [6.45, 7) is 0.464. The Labute approximate surface area is 132 Å². The van der Waals surface area contributed by atoms with E-state index in [2.05, 4.69) is 20.7 Å². The third kappa shape index (κ3) is 3.74. The summed E-state index contributed by atoms with van der Waals surface area (Å²) in [6.07, 6.45) is 2.94. The Hall–Kier alpha value is -0.140. The molecule has 0 amide bonds. The van der Waals surface area contributed by atoms with Gasteiger partial charge in [-0.15, -0.1) is 0 Å². The molecule has 2 atom stereocenters. The highest BCUT2D eigenvalue weighted by molar-refractivity contribution is 9.10. The zero-order chi connectivity index (χ0) is 14.8. The average Bonchev–Trinajstić information content (AvgIpc) is 2.83. The van der Waals surface area contributed by atoms with Gasteiger partial charge >= 0.3 is 0 Å². The van der Waals surface area contributed by atoms with Crippen molar-refractivity contribution in [1.82, 2.24) is 4.72 Å². The zero-order valence-corrected chi connectivity index (χ0v) is 14.0. The number of benzene rings is 1. The van der Waals surface area contributed by atoms with E-state index in [0.29, 0.717) is 6.54 Å². The van der Waals surface area contributed by atoms with E-state index in [1.54, 1.807) is 12.1 Å². The van der Waals surface area contributed by atoms with Crippen LogP contribution in [-0.2, 0) is 10.0 Å². The fourth-order valence-electron chi connectivity index (χ4n) is 2.61. The van der Waals surface area contributed by atoms with Crippen molar-refractivity contribution >= 4 is 37.6 Å². The smallest absolute Gasteiger partial charge is 0.242 e. The van der Waals surface area contributed by atoms with Gasteiger partial charge in [-0.05, 0) is 42.9 Å². The van der Waals surface area contributed by atoms with Crippen molar-refractivity contribution in [3.05, 3.63) is 27.7 Å². The molecule has 0 radical (unpaired) electrons. The lowest BCUT2D eigenvalue weighted by molar-refractivity contribution is 0.195. The summed E-state index contributed by atoms with van der Waals surface area (Å²) in [6, 6.07) is 4.68. The summed E-state index contributed by atoms with van der Waals surface area (Å²) >= 11 is 9.22. The van der Waals surface area contributed by atoms with Crippen LogP contribution in [0.15, 0.2) is 27.6 Å². The lowest BCUT2D eigenvalue weighted by atomic mass is 9.97. The second kappa shape index (κ2) is 6.75. The van der Waals surface area contributed by atoms with E-state index in [1.165, 1.54) is 6.07 Å². The van der Waals surface area contributed by atoms with Crippen LogP contribution in [0.25, 0.3) is 0 Å². The summed E-state index contributed by atoms with van der Waals surface area (Å²) in [5.41, 5.74) is 0. The molecule has 2 unspecified atom stereocenters. The van der Waals surface area contributed by atoms with Crippen molar-refractivity contribution in [2.24, 2.45) is 11.8 Å². The quantitative estimate of drug-likeness (QED) is 0.823. The number of hydrogen-bond acceptors (Lipinski definition) is 3. The van der Waals surface area contributed by atoms with Crippen LogP contribution in [0.5, 0.6) is 0 Å². The first-order chi connectivity index (χ1) is 9.44. The lowest BCUT2D eigenvalue weighted by Crippen LogP contribution is -2.31. The van der Waals surface area contributed by atoms with Crippen molar-refractivity contribution in [3.8, 4) is 0 Å². The van der Waals surface area contributed by atoms with Gasteiger partial charge in [0.15, 0.2) is 0 Å². The van der Waals surface area contributed by atoms with Crippen molar-refractivity contribution in [1.29, 1.82) is 0 Å². The second-order valence-corrected chi connectivity index (χ2v) is 8.12. The standard InChI is InChI=1S/C13H17BrClNO3S/c14-11-4-5-13(12(15)6-11)20(18,19)16-7-9-2-1-3-10(9)8-17/h4-6,9-10,16-17H,1-3,7-8H2. The van der Waals surface area contributed by atoms with Crippen LogP contribution in [0.1, 0.15) is 19.3 Å². The van der Waals surface area contributed by atoms with Crippen molar-refractivity contribution in [3.63, 3.8) is 0 Å². The molecule has 2 N–H and O–H groups in total. The molecule has 0 aliphatic heterocycles. The van der Waals surface area contributed by atoms with Gasteiger partial charge in [-0.3, -0.25) is 0 Å². The Balaban J connectivity index is 2.07. The molecule has 112 valence electrons. The minimum atomic E-state index is -3.61. The van der Waals surface area contributed by atoms with Gasteiger partial charge in [0.1, 0.15) is 4.90 Å². The molecular weight excluding hydrogens is 366 g/mol. The Morgan fingerprint density at radius 2 is 2.05 bits per heavy atom. The Bertz CT molecular complexity index is 579. The molecule has 0 saturated heterocycles. The summed E-state index contributed by atoms with van der Waals surface area (Å²) < 4.78 is 27.8. The SMILES string of the molecule is O=S(=O)(NCC1CCCC1CO)c1ccc(Br)cc1Cl. The highest BCUT2D eigenvalue weighted by Crippen LogP contribution is 2.31. The molecule has 1 fully saturated rings. The Morgan fingerprint density at radius 3 is 2.70 bits per heavy atom. The van der Waals surface area contributed by atoms with Crippen molar-refractivity contribution in [2.45, 2.75) is 24.2 Å². The van der Waals surface area contributed by atoms with Crippen LogP contribution < -0.4 is 4.72 Å². The van der Waals surface area contributed by atoms with Crippen LogP contribution in [-0.4, -0.2) is 26.7 Å². The molecule has 1 aromatic carbocycles. The molecule has 0 heterocycles. The number of hydrogen-bond donors (Lipinski definition) is 2. The maximum absolute atomic E-state index is 12.2. The van der Waals surface area contributed by atoms with Gasteiger partial charge in [-0.25, -0.2) is 13.1 Å². The topological polar surface area (TPSA) is 66.4 Å². The summed E-state index contributed by atoms with van der Waals surface area (Å²) in [4.78, 5) is 0.0842. The summed E-state index contributed by atoms with van der Waals surface area (Å²) in [5.74, 6) is 0.391. The summed E-state index contributed by atoms with van der Waals surface area (Å²) in [5, 5.41) is 9.45. The van der Waals surface area contributed by atoms with E-state index in [0.717, 1.165) is 23.7 Å². The zero-order valence-electron chi connectivity index (χ0n) is 10.9. The average molecular weight is 383 g/mol. The predicted octanol–water partition coefficient (Wildman–Crippen LogP) is 2.79. The van der Waals surface area contributed by atoms with Gasteiger partial charge in [0.25, 0.3) is 0 Å². The molecule has 0 aromatic heterocycles. The van der Waals surface area contributed by atoms with E-state index in [-0.39, 0.29) is 28.4 Å². The van der Waals surface area contributed by atoms with Crippen LogP contribution in [0.4, 0.5) is 0 Å². The van der Waals surface area contributed by atoms with Crippen LogP contribution in [0.2, 0.25) is 5.02 Å². The molecule has 0 bridgehead atoms. The van der Waals surface area contributed by atoms with Gasteiger partial charge in [0, 0.05) is 17.6 Å². The van der Waals surface area contributed by atoms with Crippen LogP contribution in [0, 0.1) is 11.8 Å². The van der Waals surface area contributed by atoms with Crippen molar-refractivity contribution in [2.75, 3.05) is 13.2 Å². The van der Waals surface area contributed by atoms with Crippen LogP contribution in [0.3, 0.4) is 0 Å². The monoisotopic (exact) mass is 381 g/mol. The second-order valence-electron chi connectivity index (χ2n) is 5.06. The molecule has 4 nitrogen and oxygen atoms in total. The molecular formula is C13H17BrClNO3S. The number of aliphatic hydroxyl groups is 1. The van der Waals surface area contributed by atoms with E-state index in [4.69, 9.17) is 11.6 Å². The van der Waals surface area contributed by atoms with E-state index in [1.807, 2.05) is 0 Å². The lowest BCUT2D eigenvalue weighted by Gasteiger charge is -2.18.